The number of carbonyl (C=O) groups is 1. The summed E-state index contributed by atoms with van der Waals surface area (Å²) in [5.74, 6) is 0.171. The molecule has 3 rings (SSSR count). The minimum Gasteiger partial charge on any atom is -0.408 e. The molecule has 0 radical (unpaired) electrons. The zero-order chi connectivity index (χ0) is 12.5. The van der Waals surface area contributed by atoms with Gasteiger partial charge < -0.3 is 9.73 Å². The Labute approximate surface area is 102 Å². The second kappa shape index (κ2) is 4.14. The molecular formula is C12H11N3O3. The lowest BCUT2D eigenvalue weighted by atomic mass is 10.1. The molecule has 0 unspecified atom stereocenters. The number of aromatic amines is 1. The number of benzene rings is 1. The number of hydrogen-bond donors (Lipinski definition) is 2. The van der Waals surface area contributed by atoms with Crippen LogP contribution in [0.4, 0.5) is 0 Å². The maximum absolute atomic E-state index is 12.0. The summed E-state index contributed by atoms with van der Waals surface area (Å²) >= 11 is 0. The first-order chi connectivity index (χ1) is 8.72. The van der Waals surface area contributed by atoms with Gasteiger partial charge in [0.15, 0.2) is 11.4 Å². The fraction of sp³-hybridized carbons (Fsp3) is 0.250. The molecule has 2 N–H and O–H groups in total. The van der Waals surface area contributed by atoms with Crippen molar-refractivity contribution in [2.24, 2.45) is 4.99 Å². The van der Waals surface area contributed by atoms with E-state index in [1.807, 2.05) is 0 Å². The van der Waals surface area contributed by atoms with Crippen LogP contribution in [0.15, 0.2) is 32.4 Å². The van der Waals surface area contributed by atoms with E-state index in [2.05, 4.69) is 15.3 Å². The van der Waals surface area contributed by atoms with E-state index in [0.717, 1.165) is 18.9 Å². The third-order valence-electron chi connectivity index (χ3n) is 2.81. The maximum Gasteiger partial charge on any atom is 0.417 e. The molecule has 2 heterocycles. The van der Waals surface area contributed by atoms with Crippen molar-refractivity contribution in [2.75, 3.05) is 13.1 Å². The number of oxazole rings is 1. The van der Waals surface area contributed by atoms with Crippen LogP contribution in [-0.2, 0) is 0 Å². The lowest BCUT2D eigenvalue weighted by Gasteiger charge is -2.01. The maximum atomic E-state index is 12.0. The SMILES string of the molecule is O=C(CC1=NCCN1)c1ccc2oc(=O)[nH]c2c1. The zero-order valence-corrected chi connectivity index (χ0v) is 9.53. The molecule has 0 amide bonds. The fourth-order valence-electron chi connectivity index (χ4n) is 1.94. The summed E-state index contributed by atoms with van der Waals surface area (Å²) in [6.07, 6.45) is 0.258. The number of aromatic nitrogens is 1. The Bertz CT molecular complexity index is 696. The molecule has 0 spiro atoms. The van der Waals surface area contributed by atoms with Crippen molar-refractivity contribution < 1.29 is 9.21 Å². The summed E-state index contributed by atoms with van der Waals surface area (Å²) in [4.78, 5) is 29.7. The molecule has 0 saturated heterocycles. The van der Waals surface area contributed by atoms with Crippen molar-refractivity contribution in [1.82, 2.24) is 10.3 Å². The van der Waals surface area contributed by atoms with E-state index in [-0.39, 0.29) is 12.2 Å². The molecule has 18 heavy (non-hydrogen) atoms. The van der Waals surface area contributed by atoms with E-state index >= 15 is 0 Å². The van der Waals surface area contributed by atoms with Gasteiger partial charge >= 0.3 is 5.76 Å². The molecule has 0 aliphatic carbocycles. The van der Waals surface area contributed by atoms with E-state index in [0.29, 0.717) is 16.7 Å². The average Bonchev–Trinajstić information content (AvgIpc) is 2.95. The first-order valence-corrected chi connectivity index (χ1v) is 5.66. The van der Waals surface area contributed by atoms with Crippen LogP contribution < -0.4 is 11.1 Å². The van der Waals surface area contributed by atoms with Crippen molar-refractivity contribution in [1.29, 1.82) is 0 Å². The standard InChI is InChI=1S/C12H11N3O3/c16-9(6-11-13-3-4-14-11)7-1-2-10-8(5-7)15-12(17)18-10/h1-2,5H,3-4,6H2,(H,13,14)(H,15,17). The number of amidine groups is 1. The third kappa shape index (κ3) is 1.92. The number of nitrogens with zero attached hydrogens (tertiary/aromatic N) is 1. The summed E-state index contributed by atoms with van der Waals surface area (Å²) in [6.45, 7) is 1.51. The van der Waals surface area contributed by atoms with Crippen LogP contribution in [0.5, 0.6) is 0 Å². The highest BCUT2D eigenvalue weighted by Gasteiger charge is 2.13. The number of H-pyrrole nitrogens is 1. The summed E-state index contributed by atoms with van der Waals surface area (Å²) in [5, 5.41) is 3.05. The number of hydrogen-bond acceptors (Lipinski definition) is 5. The largest absolute Gasteiger partial charge is 0.417 e. The number of carbonyl (C=O) groups excluding carboxylic acids is 1. The second-order valence-electron chi connectivity index (χ2n) is 4.08. The van der Waals surface area contributed by atoms with Crippen LogP contribution in [-0.4, -0.2) is 29.7 Å². The van der Waals surface area contributed by atoms with E-state index in [4.69, 9.17) is 4.42 Å². The molecule has 0 fully saturated rings. The predicted molar refractivity (Wildman–Crippen MR) is 66.1 cm³/mol. The summed E-state index contributed by atoms with van der Waals surface area (Å²) in [5.41, 5.74) is 1.52. The molecule has 2 aromatic rings. The fourth-order valence-corrected chi connectivity index (χ4v) is 1.94. The van der Waals surface area contributed by atoms with Crippen LogP contribution in [0.1, 0.15) is 16.8 Å². The Kier molecular flexibility index (Phi) is 2.47. The van der Waals surface area contributed by atoms with Gasteiger partial charge in [0.25, 0.3) is 0 Å². The Morgan fingerprint density at radius 1 is 1.44 bits per heavy atom. The first-order valence-electron chi connectivity index (χ1n) is 5.66. The Balaban J connectivity index is 1.88. The monoisotopic (exact) mass is 245 g/mol. The van der Waals surface area contributed by atoms with E-state index in [1.165, 1.54) is 0 Å². The molecule has 0 atom stereocenters. The van der Waals surface area contributed by atoms with Crippen molar-refractivity contribution in [2.45, 2.75) is 6.42 Å². The number of aliphatic imine (C=N–C) groups is 1. The lowest BCUT2D eigenvalue weighted by molar-refractivity contribution is 0.1000. The zero-order valence-electron chi connectivity index (χ0n) is 9.53. The van der Waals surface area contributed by atoms with Gasteiger partial charge in [-0.3, -0.25) is 14.8 Å². The van der Waals surface area contributed by atoms with E-state index in [9.17, 15) is 9.59 Å². The van der Waals surface area contributed by atoms with Gasteiger partial charge in [-0.2, -0.15) is 0 Å². The highest BCUT2D eigenvalue weighted by Crippen LogP contribution is 2.14. The predicted octanol–water partition coefficient (Wildman–Crippen LogP) is 0.696. The van der Waals surface area contributed by atoms with Gasteiger partial charge in [-0.05, 0) is 18.2 Å². The number of rotatable bonds is 3. The van der Waals surface area contributed by atoms with Gasteiger partial charge in [-0.25, -0.2) is 4.79 Å². The smallest absolute Gasteiger partial charge is 0.408 e. The number of nitrogens with one attached hydrogen (secondary N) is 2. The van der Waals surface area contributed by atoms with Crippen LogP contribution >= 0.6 is 0 Å². The van der Waals surface area contributed by atoms with Crippen LogP contribution in [0.3, 0.4) is 0 Å². The normalized spacial score (nSPS) is 14.6. The van der Waals surface area contributed by atoms with E-state index < -0.39 is 5.76 Å². The molecule has 1 aliphatic heterocycles. The highest BCUT2D eigenvalue weighted by atomic mass is 16.4. The number of fused-ring (bicyclic) bond motifs is 1. The molecule has 6 nitrogen and oxygen atoms in total. The second-order valence-corrected chi connectivity index (χ2v) is 4.08. The Hall–Kier alpha value is -2.37. The van der Waals surface area contributed by atoms with Gasteiger partial charge in [0.1, 0.15) is 5.84 Å². The van der Waals surface area contributed by atoms with Gasteiger partial charge in [0.2, 0.25) is 0 Å². The molecule has 92 valence electrons. The van der Waals surface area contributed by atoms with Crippen molar-refractivity contribution in [3.8, 4) is 0 Å². The number of ketones is 1. The molecule has 1 aliphatic rings. The van der Waals surface area contributed by atoms with Crippen LogP contribution in [0.25, 0.3) is 11.1 Å². The molecular weight excluding hydrogens is 234 g/mol. The van der Waals surface area contributed by atoms with E-state index in [1.54, 1.807) is 18.2 Å². The lowest BCUT2D eigenvalue weighted by Crippen LogP contribution is -2.21. The molecule has 0 saturated carbocycles. The highest BCUT2D eigenvalue weighted by molar-refractivity contribution is 6.10. The third-order valence-corrected chi connectivity index (χ3v) is 2.81. The van der Waals surface area contributed by atoms with Crippen molar-refractivity contribution in [3.05, 3.63) is 34.3 Å². The quantitative estimate of drug-likeness (QED) is 0.779. The molecule has 6 heteroatoms. The molecule has 0 bridgehead atoms. The number of Topliss-reactive ketones (excluding diaryl/α,β-unsaturated/α-hetero) is 1. The Morgan fingerprint density at radius 2 is 2.33 bits per heavy atom. The van der Waals surface area contributed by atoms with Gasteiger partial charge in [0, 0.05) is 12.1 Å². The molecule has 1 aromatic carbocycles. The van der Waals surface area contributed by atoms with Gasteiger partial charge in [-0.15, -0.1) is 0 Å². The summed E-state index contributed by atoms with van der Waals surface area (Å²) in [7, 11) is 0. The molecule has 1 aromatic heterocycles. The average molecular weight is 245 g/mol. The van der Waals surface area contributed by atoms with Crippen molar-refractivity contribution in [3.63, 3.8) is 0 Å². The van der Waals surface area contributed by atoms with Crippen LogP contribution in [0, 0.1) is 0 Å². The minimum atomic E-state index is -0.517. The minimum absolute atomic E-state index is 0.0351. The Morgan fingerprint density at radius 3 is 3.11 bits per heavy atom. The van der Waals surface area contributed by atoms with Gasteiger partial charge in [-0.1, -0.05) is 0 Å². The first kappa shape index (κ1) is 10.8. The summed E-state index contributed by atoms with van der Waals surface area (Å²) in [6, 6.07) is 4.89. The van der Waals surface area contributed by atoms with Crippen LogP contribution in [0.2, 0.25) is 0 Å². The summed E-state index contributed by atoms with van der Waals surface area (Å²) < 4.78 is 4.88. The van der Waals surface area contributed by atoms with Gasteiger partial charge in [0.05, 0.1) is 18.5 Å². The topological polar surface area (TPSA) is 87.5 Å². The van der Waals surface area contributed by atoms with Crippen molar-refractivity contribution >= 4 is 22.7 Å².